The highest BCUT2D eigenvalue weighted by Crippen LogP contribution is 2.35. The Morgan fingerprint density at radius 1 is 1.06 bits per heavy atom. The van der Waals surface area contributed by atoms with Gasteiger partial charge in [-0.05, 0) is 24.0 Å². The van der Waals surface area contributed by atoms with Crippen LogP contribution >= 0.6 is 0 Å². The molecular formula is C26H31N5O4. The number of urea groups is 1. The van der Waals surface area contributed by atoms with E-state index in [1.807, 2.05) is 60.7 Å². The maximum absolute atomic E-state index is 13.7. The van der Waals surface area contributed by atoms with Crippen LogP contribution in [0.3, 0.4) is 0 Å². The van der Waals surface area contributed by atoms with E-state index in [9.17, 15) is 14.4 Å². The highest BCUT2D eigenvalue weighted by molar-refractivity contribution is 5.92. The number of amides is 4. The van der Waals surface area contributed by atoms with Crippen LogP contribution in [0.1, 0.15) is 30.0 Å². The molecule has 35 heavy (non-hydrogen) atoms. The molecule has 3 aliphatic rings. The first-order valence-electron chi connectivity index (χ1n) is 12.1. The molecule has 2 aromatic rings. The van der Waals surface area contributed by atoms with Gasteiger partial charge < -0.3 is 19.9 Å². The molecule has 3 atom stereocenters. The average molecular weight is 478 g/mol. The molecule has 3 saturated heterocycles. The van der Waals surface area contributed by atoms with Crippen molar-refractivity contribution in [2.45, 2.75) is 37.7 Å². The van der Waals surface area contributed by atoms with Gasteiger partial charge in [0.15, 0.2) is 0 Å². The number of piperazine rings is 1. The lowest BCUT2D eigenvalue weighted by Crippen LogP contribution is -2.74. The molecule has 3 heterocycles. The van der Waals surface area contributed by atoms with E-state index in [1.165, 1.54) is 0 Å². The van der Waals surface area contributed by atoms with E-state index >= 15 is 0 Å². The van der Waals surface area contributed by atoms with Crippen molar-refractivity contribution < 1.29 is 19.1 Å². The molecule has 9 nitrogen and oxygen atoms in total. The number of rotatable bonds is 5. The van der Waals surface area contributed by atoms with Gasteiger partial charge in [0.05, 0.1) is 19.2 Å². The Kier molecular flexibility index (Phi) is 6.70. The number of carbonyl (C=O) groups excluding carboxylic acids is 3. The third-order valence-electron chi connectivity index (χ3n) is 6.89. The lowest BCUT2D eigenvalue weighted by molar-refractivity contribution is -0.188. The van der Waals surface area contributed by atoms with Crippen LogP contribution in [0.4, 0.5) is 4.79 Å². The molecule has 1 unspecified atom stereocenters. The number of ether oxygens (including phenoxy) is 1. The molecule has 0 saturated carbocycles. The Hall–Kier alpha value is -3.43. The van der Waals surface area contributed by atoms with Gasteiger partial charge in [-0.3, -0.25) is 9.59 Å². The zero-order valence-corrected chi connectivity index (χ0v) is 19.9. The molecule has 1 N–H and O–H groups in total. The second-order valence-corrected chi connectivity index (χ2v) is 9.28. The zero-order valence-electron chi connectivity index (χ0n) is 19.9. The van der Waals surface area contributed by atoms with Gasteiger partial charge in [-0.2, -0.15) is 0 Å². The summed E-state index contributed by atoms with van der Waals surface area (Å²) >= 11 is 0. The molecule has 0 spiro atoms. The van der Waals surface area contributed by atoms with Gasteiger partial charge in [0.2, 0.25) is 11.8 Å². The summed E-state index contributed by atoms with van der Waals surface area (Å²) in [5.41, 5.74) is 1.72. The zero-order chi connectivity index (χ0) is 24.4. The first-order valence-corrected chi connectivity index (χ1v) is 12.1. The Morgan fingerprint density at radius 2 is 1.77 bits per heavy atom. The van der Waals surface area contributed by atoms with Gasteiger partial charge in [-0.15, -0.1) is 0 Å². The SMILES string of the molecule is CN1CC(=O)N2[C@@H](c3ccccc3)C(=O)N(CC3CCCO3)C[C@@H]2N1C(=O)NCc1ccccc1. The number of fused-ring (bicyclic) bond motifs is 1. The summed E-state index contributed by atoms with van der Waals surface area (Å²) in [5, 5.41) is 6.20. The lowest BCUT2D eigenvalue weighted by Gasteiger charge is -2.54. The maximum atomic E-state index is 13.7. The van der Waals surface area contributed by atoms with Gasteiger partial charge in [-0.1, -0.05) is 60.7 Å². The number of likely N-dealkylation sites (N-methyl/N-ethyl adjacent to an activating group) is 1. The van der Waals surface area contributed by atoms with Crippen molar-refractivity contribution in [3.05, 3.63) is 71.8 Å². The topological polar surface area (TPSA) is 85.4 Å². The molecular weight excluding hydrogens is 446 g/mol. The standard InChI is InChI=1S/C26H31N5O4/c1-28-18-23(32)30-22(31(28)26(34)27-15-19-9-4-2-5-10-19)17-29(16-21-13-8-14-35-21)25(33)24(30)20-11-6-3-7-12-20/h2-7,9-12,21-22,24H,8,13-18H2,1H3,(H,27,34)/t21?,22-,24-/m0/s1. The fourth-order valence-corrected chi connectivity index (χ4v) is 5.21. The van der Waals surface area contributed by atoms with Gasteiger partial charge in [0, 0.05) is 26.7 Å². The summed E-state index contributed by atoms with van der Waals surface area (Å²) in [4.78, 5) is 43.8. The normalized spacial score (nSPS) is 25.1. The van der Waals surface area contributed by atoms with Crippen molar-refractivity contribution >= 4 is 17.8 Å². The molecule has 0 bridgehead atoms. The van der Waals surface area contributed by atoms with E-state index in [2.05, 4.69) is 5.32 Å². The van der Waals surface area contributed by atoms with Gasteiger partial charge in [-0.25, -0.2) is 14.8 Å². The molecule has 2 aromatic carbocycles. The highest BCUT2D eigenvalue weighted by Gasteiger charge is 2.51. The summed E-state index contributed by atoms with van der Waals surface area (Å²) in [5.74, 6) is -0.311. The van der Waals surface area contributed by atoms with Crippen LogP contribution in [0, 0.1) is 0 Å². The maximum Gasteiger partial charge on any atom is 0.334 e. The van der Waals surface area contributed by atoms with Crippen LogP contribution < -0.4 is 5.32 Å². The summed E-state index contributed by atoms with van der Waals surface area (Å²) in [7, 11) is 1.73. The summed E-state index contributed by atoms with van der Waals surface area (Å²) in [6.07, 6.45) is 1.22. The number of nitrogens with zero attached hydrogens (tertiary/aromatic N) is 4. The second kappa shape index (κ2) is 10.1. The van der Waals surface area contributed by atoms with Crippen molar-refractivity contribution in [2.75, 3.05) is 33.3 Å². The lowest BCUT2D eigenvalue weighted by atomic mass is 9.98. The van der Waals surface area contributed by atoms with E-state index in [0.717, 1.165) is 24.0 Å². The molecule has 9 heteroatoms. The van der Waals surface area contributed by atoms with E-state index in [0.29, 0.717) is 19.7 Å². The predicted molar refractivity (Wildman–Crippen MR) is 129 cm³/mol. The molecule has 4 amide bonds. The first-order chi connectivity index (χ1) is 17.0. The quantitative estimate of drug-likeness (QED) is 0.712. The van der Waals surface area contributed by atoms with Gasteiger partial charge in [0.1, 0.15) is 12.2 Å². The van der Waals surface area contributed by atoms with Crippen LogP contribution in [0.2, 0.25) is 0 Å². The van der Waals surface area contributed by atoms with Gasteiger partial charge >= 0.3 is 6.03 Å². The number of nitrogens with one attached hydrogen (secondary N) is 1. The first kappa shape index (κ1) is 23.3. The minimum atomic E-state index is -0.790. The molecule has 0 aliphatic carbocycles. The van der Waals surface area contributed by atoms with Gasteiger partial charge in [0.25, 0.3) is 0 Å². The largest absolute Gasteiger partial charge is 0.376 e. The van der Waals surface area contributed by atoms with Crippen LogP contribution in [-0.4, -0.2) is 83.2 Å². The number of carbonyl (C=O) groups is 3. The number of hydrogen-bond donors (Lipinski definition) is 1. The Balaban J connectivity index is 1.45. The van der Waals surface area contributed by atoms with E-state index < -0.39 is 12.2 Å². The Labute approximate surface area is 205 Å². The smallest absolute Gasteiger partial charge is 0.334 e. The van der Waals surface area contributed by atoms with Crippen molar-refractivity contribution in [3.63, 3.8) is 0 Å². The van der Waals surface area contributed by atoms with Crippen molar-refractivity contribution in [3.8, 4) is 0 Å². The summed E-state index contributed by atoms with van der Waals surface area (Å²) < 4.78 is 5.81. The van der Waals surface area contributed by atoms with Crippen LogP contribution in [0.5, 0.6) is 0 Å². The van der Waals surface area contributed by atoms with Crippen molar-refractivity contribution in [2.24, 2.45) is 0 Å². The van der Waals surface area contributed by atoms with E-state index in [1.54, 1.807) is 26.9 Å². The van der Waals surface area contributed by atoms with Crippen molar-refractivity contribution in [1.29, 1.82) is 0 Å². The monoisotopic (exact) mass is 477 g/mol. The summed E-state index contributed by atoms with van der Waals surface area (Å²) in [6.45, 7) is 1.75. The fourth-order valence-electron chi connectivity index (χ4n) is 5.21. The molecule has 5 rings (SSSR count). The number of hydrogen-bond acceptors (Lipinski definition) is 5. The average Bonchev–Trinajstić information content (AvgIpc) is 3.38. The molecule has 184 valence electrons. The van der Waals surface area contributed by atoms with E-state index in [4.69, 9.17) is 4.74 Å². The molecule has 0 aromatic heterocycles. The molecule has 3 aliphatic heterocycles. The van der Waals surface area contributed by atoms with Crippen molar-refractivity contribution in [1.82, 2.24) is 25.1 Å². The van der Waals surface area contributed by atoms with Crippen LogP contribution in [-0.2, 0) is 20.9 Å². The summed E-state index contributed by atoms with van der Waals surface area (Å²) in [6, 6.07) is 17.9. The highest BCUT2D eigenvalue weighted by atomic mass is 16.5. The minimum Gasteiger partial charge on any atom is -0.376 e. The van der Waals surface area contributed by atoms with Crippen LogP contribution in [0.25, 0.3) is 0 Å². The minimum absolute atomic E-state index is 0.0115. The van der Waals surface area contributed by atoms with E-state index in [-0.39, 0.29) is 37.0 Å². The fraction of sp³-hybridized carbons (Fsp3) is 0.423. The third-order valence-corrected chi connectivity index (χ3v) is 6.89. The Morgan fingerprint density at radius 3 is 2.46 bits per heavy atom. The molecule has 3 fully saturated rings. The predicted octanol–water partition coefficient (Wildman–Crippen LogP) is 1.98. The third kappa shape index (κ3) is 4.74. The van der Waals surface area contributed by atoms with Crippen LogP contribution in [0.15, 0.2) is 60.7 Å². The number of benzene rings is 2. The number of hydrazine groups is 1. The second-order valence-electron chi connectivity index (χ2n) is 9.28. The Bertz CT molecular complexity index is 1060. The molecule has 0 radical (unpaired) electrons.